The van der Waals surface area contributed by atoms with E-state index in [0.717, 1.165) is 30.6 Å². The third-order valence-electron chi connectivity index (χ3n) is 3.34. The van der Waals surface area contributed by atoms with Crippen LogP contribution in [-0.2, 0) is 20.0 Å². The molecule has 98 valence electrons. The van der Waals surface area contributed by atoms with Gasteiger partial charge in [-0.15, -0.1) is 0 Å². The van der Waals surface area contributed by atoms with Crippen LogP contribution in [0, 0.1) is 0 Å². The predicted octanol–water partition coefficient (Wildman–Crippen LogP) is 1.32. The van der Waals surface area contributed by atoms with Crippen LogP contribution in [0.4, 0.5) is 5.82 Å². The molecule has 1 aliphatic rings. The monoisotopic (exact) mass is 256 g/mol. The lowest BCUT2D eigenvalue weighted by Gasteiger charge is -2.19. The molecule has 0 unspecified atom stereocenters. The number of carbonyl (C=O) groups is 1. The van der Waals surface area contributed by atoms with E-state index in [1.807, 2.05) is 19.2 Å². The third-order valence-corrected chi connectivity index (χ3v) is 3.34. The summed E-state index contributed by atoms with van der Waals surface area (Å²) in [5, 5.41) is 10.3. The molecule has 0 saturated carbocycles. The number of hydrogen-bond acceptors (Lipinski definition) is 3. The van der Waals surface area contributed by atoms with Crippen LogP contribution in [-0.4, -0.2) is 22.2 Å². The number of rotatable bonds is 2. The molecule has 5 nitrogen and oxygen atoms in total. The fraction of sp³-hybridized carbons (Fsp3) is 0.286. The molecule has 1 aromatic heterocycles. The maximum Gasteiger partial charge on any atom is 0.257 e. The highest BCUT2D eigenvalue weighted by Crippen LogP contribution is 2.19. The molecule has 0 bridgehead atoms. The first-order valence-electron chi connectivity index (χ1n) is 6.36. The highest BCUT2D eigenvalue weighted by Gasteiger charge is 2.17. The van der Waals surface area contributed by atoms with E-state index in [1.165, 1.54) is 5.56 Å². The van der Waals surface area contributed by atoms with Crippen molar-refractivity contribution in [3.8, 4) is 0 Å². The van der Waals surface area contributed by atoms with Gasteiger partial charge in [0.1, 0.15) is 0 Å². The first-order valence-corrected chi connectivity index (χ1v) is 6.36. The van der Waals surface area contributed by atoms with Gasteiger partial charge in [0, 0.05) is 31.4 Å². The minimum atomic E-state index is -0.0857. The molecule has 2 aromatic rings. The van der Waals surface area contributed by atoms with Gasteiger partial charge in [0.25, 0.3) is 5.91 Å². The van der Waals surface area contributed by atoms with Crippen molar-refractivity contribution >= 4 is 11.7 Å². The van der Waals surface area contributed by atoms with E-state index in [1.54, 1.807) is 16.9 Å². The number of hydrogen-bond donors (Lipinski definition) is 2. The number of carbonyl (C=O) groups excluding carboxylic acids is 1. The Morgan fingerprint density at radius 3 is 3.11 bits per heavy atom. The summed E-state index contributed by atoms with van der Waals surface area (Å²) in [6.07, 6.45) is 2.70. The summed E-state index contributed by atoms with van der Waals surface area (Å²) >= 11 is 0. The van der Waals surface area contributed by atoms with Gasteiger partial charge in [0.15, 0.2) is 5.82 Å². The molecular weight excluding hydrogens is 240 g/mol. The lowest BCUT2D eigenvalue weighted by Crippen LogP contribution is -2.26. The molecule has 1 aliphatic heterocycles. The van der Waals surface area contributed by atoms with Gasteiger partial charge in [0.2, 0.25) is 0 Å². The van der Waals surface area contributed by atoms with Crippen molar-refractivity contribution in [2.45, 2.75) is 13.0 Å². The summed E-state index contributed by atoms with van der Waals surface area (Å²) in [4.78, 5) is 12.3. The van der Waals surface area contributed by atoms with Crippen molar-refractivity contribution in [3.63, 3.8) is 0 Å². The van der Waals surface area contributed by atoms with Crippen LogP contribution in [0.15, 0.2) is 30.5 Å². The van der Waals surface area contributed by atoms with E-state index >= 15 is 0 Å². The Kier molecular flexibility index (Phi) is 3.05. The molecule has 19 heavy (non-hydrogen) atoms. The summed E-state index contributed by atoms with van der Waals surface area (Å²) in [7, 11) is 1.83. The molecule has 0 radical (unpaired) electrons. The fourth-order valence-electron chi connectivity index (χ4n) is 2.41. The molecular formula is C14H16N4O. The Hall–Kier alpha value is -2.14. The summed E-state index contributed by atoms with van der Waals surface area (Å²) in [6.45, 7) is 1.75. The average molecular weight is 256 g/mol. The summed E-state index contributed by atoms with van der Waals surface area (Å²) in [6, 6.07) is 7.66. The normalized spacial score (nSPS) is 13.9. The molecule has 1 aromatic carbocycles. The standard InChI is InChI=1S/C14H16N4O/c1-18-8-6-13(17-18)16-14(19)12-4-2-3-10-9-15-7-5-11(10)12/h2-4,6,8,15H,5,7,9H2,1H3,(H,16,17,19). The van der Waals surface area contributed by atoms with Gasteiger partial charge in [0.05, 0.1) is 0 Å². The van der Waals surface area contributed by atoms with E-state index in [2.05, 4.69) is 21.8 Å². The predicted molar refractivity (Wildman–Crippen MR) is 73.0 cm³/mol. The van der Waals surface area contributed by atoms with Gasteiger partial charge < -0.3 is 10.6 Å². The smallest absolute Gasteiger partial charge is 0.257 e. The Bertz CT molecular complexity index is 618. The molecule has 1 amide bonds. The highest BCUT2D eigenvalue weighted by atomic mass is 16.1. The number of aromatic nitrogens is 2. The second-order valence-electron chi connectivity index (χ2n) is 4.70. The number of nitrogens with zero attached hydrogens (tertiary/aromatic N) is 2. The minimum Gasteiger partial charge on any atom is -0.312 e. The fourth-order valence-corrected chi connectivity index (χ4v) is 2.41. The summed E-state index contributed by atoms with van der Waals surface area (Å²) in [5.41, 5.74) is 3.11. The maximum absolute atomic E-state index is 12.3. The van der Waals surface area contributed by atoms with Gasteiger partial charge >= 0.3 is 0 Å². The van der Waals surface area contributed by atoms with Crippen LogP contribution in [0.2, 0.25) is 0 Å². The van der Waals surface area contributed by atoms with Crippen molar-refractivity contribution < 1.29 is 4.79 Å². The van der Waals surface area contributed by atoms with E-state index in [-0.39, 0.29) is 5.91 Å². The van der Waals surface area contributed by atoms with Crippen LogP contribution < -0.4 is 10.6 Å². The number of fused-ring (bicyclic) bond motifs is 1. The number of benzene rings is 1. The summed E-state index contributed by atoms with van der Waals surface area (Å²) < 4.78 is 1.67. The minimum absolute atomic E-state index is 0.0857. The van der Waals surface area contributed by atoms with Gasteiger partial charge in [-0.05, 0) is 30.2 Å². The molecule has 5 heteroatoms. The van der Waals surface area contributed by atoms with E-state index < -0.39 is 0 Å². The molecule has 0 saturated heterocycles. The van der Waals surface area contributed by atoms with Crippen LogP contribution >= 0.6 is 0 Å². The number of anilines is 1. The molecule has 0 atom stereocenters. The third kappa shape index (κ3) is 2.37. The van der Waals surface area contributed by atoms with Gasteiger partial charge in [-0.25, -0.2) is 0 Å². The number of aryl methyl sites for hydroxylation is 1. The van der Waals surface area contributed by atoms with Crippen molar-refractivity contribution in [2.24, 2.45) is 7.05 Å². The molecule has 0 aliphatic carbocycles. The van der Waals surface area contributed by atoms with Crippen molar-refractivity contribution in [2.75, 3.05) is 11.9 Å². The second kappa shape index (κ2) is 4.85. The number of amides is 1. The molecule has 0 fully saturated rings. The zero-order valence-electron chi connectivity index (χ0n) is 10.8. The number of nitrogens with one attached hydrogen (secondary N) is 2. The van der Waals surface area contributed by atoms with E-state index in [0.29, 0.717) is 5.82 Å². The molecule has 2 N–H and O–H groups in total. The molecule has 0 spiro atoms. The topological polar surface area (TPSA) is 59.0 Å². The lowest BCUT2D eigenvalue weighted by atomic mass is 9.95. The van der Waals surface area contributed by atoms with Gasteiger partial charge in [-0.2, -0.15) is 5.10 Å². The first-order chi connectivity index (χ1) is 9.24. The average Bonchev–Trinajstić information content (AvgIpc) is 2.83. The van der Waals surface area contributed by atoms with Gasteiger partial charge in [-0.1, -0.05) is 12.1 Å². The second-order valence-corrected chi connectivity index (χ2v) is 4.70. The zero-order valence-corrected chi connectivity index (χ0v) is 10.8. The summed E-state index contributed by atoms with van der Waals surface area (Å²) in [5.74, 6) is 0.497. The maximum atomic E-state index is 12.3. The lowest BCUT2D eigenvalue weighted by molar-refractivity contribution is 0.102. The van der Waals surface area contributed by atoms with Crippen LogP contribution in [0.5, 0.6) is 0 Å². The van der Waals surface area contributed by atoms with Crippen LogP contribution in [0.1, 0.15) is 21.5 Å². The Morgan fingerprint density at radius 1 is 1.42 bits per heavy atom. The zero-order chi connectivity index (χ0) is 13.2. The van der Waals surface area contributed by atoms with Crippen molar-refractivity contribution in [3.05, 3.63) is 47.2 Å². The van der Waals surface area contributed by atoms with Crippen molar-refractivity contribution in [1.29, 1.82) is 0 Å². The van der Waals surface area contributed by atoms with E-state index in [9.17, 15) is 4.79 Å². The highest BCUT2D eigenvalue weighted by molar-refractivity contribution is 6.05. The van der Waals surface area contributed by atoms with E-state index in [4.69, 9.17) is 0 Å². The molecule has 2 heterocycles. The van der Waals surface area contributed by atoms with Crippen LogP contribution in [0.3, 0.4) is 0 Å². The Morgan fingerprint density at radius 2 is 2.32 bits per heavy atom. The largest absolute Gasteiger partial charge is 0.312 e. The quantitative estimate of drug-likeness (QED) is 0.852. The Balaban J connectivity index is 1.87. The van der Waals surface area contributed by atoms with Crippen molar-refractivity contribution in [1.82, 2.24) is 15.1 Å². The first kappa shape index (κ1) is 11.9. The van der Waals surface area contributed by atoms with Crippen LogP contribution in [0.25, 0.3) is 0 Å². The van der Waals surface area contributed by atoms with Gasteiger partial charge in [-0.3, -0.25) is 9.48 Å². The SMILES string of the molecule is Cn1ccc(NC(=O)c2cccc3c2CCNC3)n1. The molecule has 3 rings (SSSR count). The Labute approximate surface area is 111 Å².